The molecule has 1 fully saturated rings. The first-order chi connectivity index (χ1) is 21.7. The number of esters is 2. The van der Waals surface area contributed by atoms with Crippen LogP contribution in [0, 0.1) is 5.92 Å². The van der Waals surface area contributed by atoms with E-state index in [4.69, 9.17) is 23.7 Å². The van der Waals surface area contributed by atoms with Crippen molar-refractivity contribution in [1.82, 2.24) is 10.2 Å². The summed E-state index contributed by atoms with van der Waals surface area (Å²) >= 11 is 0. The first-order valence-electron chi connectivity index (χ1n) is 16.1. The third-order valence-electron chi connectivity index (χ3n) is 7.91. The Labute approximate surface area is 267 Å². The molecule has 45 heavy (non-hydrogen) atoms. The summed E-state index contributed by atoms with van der Waals surface area (Å²) < 4.78 is 28.0. The molecule has 0 spiro atoms. The summed E-state index contributed by atoms with van der Waals surface area (Å²) in [6.07, 6.45) is 4.26. The smallest absolute Gasteiger partial charge is 0.344 e. The Kier molecular flexibility index (Phi) is 14.3. The number of methoxy groups -OCH3 is 2. The molecule has 0 saturated carbocycles. The fourth-order valence-corrected chi connectivity index (χ4v) is 5.26. The van der Waals surface area contributed by atoms with Crippen LogP contribution in [0.5, 0.6) is 17.2 Å². The summed E-state index contributed by atoms with van der Waals surface area (Å²) in [5, 5.41) is 3.07. The molecule has 0 aliphatic carbocycles. The van der Waals surface area contributed by atoms with Crippen LogP contribution in [0.15, 0.2) is 42.5 Å². The lowest BCUT2D eigenvalue weighted by atomic mass is 9.99. The molecule has 1 aliphatic heterocycles. The van der Waals surface area contributed by atoms with E-state index < -0.39 is 24.1 Å². The highest BCUT2D eigenvalue weighted by molar-refractivity contribution is 5.84. The molecule has 2 atom stereocenters. The van der Waals surface area contributed by atoms with Gasteiger partial charge in [-0.1, -0.05) is 45.9 Å². The predicted octanol–water partition coefficient (Wildman–Crippen LogP) is 6.25. The van der Waals surface area contributed by atoms with Crippen LogP contribution in [-0.4, -0.2) is 68.9 Å². The second-order valence-corrected chi connectivity index (χ2v) is 11.8. The molecule has 0 unspecified atom stereocenters. The Balaban J connectivity index is 1.81. The molecule has 1 heterocycles. The maximum Gasteiger partial charge on any atom is 0.344 e. The van der Waals surface area contributed by atoms with Gasteiger partial charge in [0.2, 0.25) is 0 Å². The van der Waals surface area contributed by atoms with Crippen molar-refractivity contribution in [1.29, 1.82) is 0 Å². The van der Waals surface area contributed by atoms with E-state index in [0.29, 0.717) is 49.7 Å². The standard InChI is InChI=1S/C35H50N2O8/c1-7-27(8-2)36-35(40)37-19-10-9-14-29(37)34(39)45-30(17-15-25-16-18-31(41-5)32(20-25)42-6)26-12-11-13-28(21-26)43-23-33(38)44-22-24(3)4/h11-13,16,18,20-21,24,27,29-30H,7-10,14-15,17,19,22-23H2,1-6H3,(H,36,40)/t29-,30+/m0/s1. The largest absolute Gasteiger partial charge is 0.493 e. The van der Waals surface area contributed by atoms with E-state index >= 15 is 0 Å². The van der Waals surface area contributed by atoms with Crippen LogP contribution in [0.3, 0.4) is 0 Å². The number of hydrogen-bond donors (Lipinski definition) is 1. The van der Waals surface area contributed by atoms with Crippen LogP contribution < -0.4 is 19.5 Å². The van der Waals surface area contributed by atoms with Crippen molar-refractivity contribution in [2.75, 3.05) is 34.0 Å². The number of amides is 2. The van der Waals surface area contributed by atoms with Gasteiger partial charge < -0.3 is 33.9 Å². The van der Waals surface area contributed by atoms with Crippen LogP contribution in [0.2, 0.25) is 0 Å². The number of hydrogen-bond acceptors (Lipinski definition) is 8. The topological polar surface area (TPSA) is 113 Å². The van der Waals surface area contributed by atoms with E-state index in [0.717, 1.165) is 36.8 Å². The summed E-state index contributed by atoms with van der Waals surface area (Å²) in [6.45, 7) is 8.59. The maximum atomic E-state index is 13.8. The van der Waals surface area contributed by atoms with E-state index in [1.54, 1.807) is 37.3 Å². The van der Waals surface area contributed by atoms with Crippen molar-refractivity contribution in [2.24, 2.45) is 5.92 Å². The van der Waals surface area contributed by atoms with Gasteiger partial charge >= 0.3 is 18.0 Å². The number of urea groups is 1. The van der Waals surface area contributed by atoms with Crippen molar-refractivity contribution < 1.29 is 38.1 Å². The third kappa shape index (κ3) is 10.9. The minimum Gasteiger partial charge on any atom is -0.493 e. The molecule has 0 radical (unpaired) electrons. The highest BCUT2D eigenvalue weighted by Crippen LogP contribution is 2.32. The first kappa shape index (κ1) is 35.5. The lowest BCUT2D eigenvalue weighted by Gasteiger charge is -2.36. The van der Waals surface area contributed by atoms with Crippen molar-refractivity contribution in [2.45, 2.75) is 90.8 Å². The van der Waals surface area contributed by atoms with Gasteiger partial charge in [0.25, 0.3) is 0 Å². The van der Waals surface area contributed by atoms with Gasteiger partial charge in [0.05, 0.1) is 20.8 Å². The molecular formula is C35H50N2O8. The number of benzene rings is 2. The molecule has 2 amide bonds. The molecular weight excluding hydrogens is 576 g/mol. The van der Waals surface area contributed by atoms with Crippen molar-refractivity contribution in [3.05, 3.63) is 53.6 Å². The van der Waals surface area contributed by atoms with E-state index in [1.807, 2.05) is 52.0 Å². The summed E-state index contributed by atoms with van der Waals surface area (Å²) in [4.78, 5) is 40.7. The molecule has 3 rings (SSSR count). The monoisotopic (exact) mass is 626 g/mol. The zero-order valence-electron chi connectivity index (χ0n) is 27.6. The highest BCUT2D eigenvalue weighted by Gasteiger charge is 2.35. The van der Waals surface area contributed by atoms with Gasteiger partial charge in [-0.2, -0.15) is 0 Å². The molecule has 2 aromatic rings. The summed E-state index contributed by atoms with van der Waals surface area (Å²) in [6, 6.07) is 12.1. The molecule has 0 bridgehead atoms. The Morgan fingerprint density at radius 1 is 0.978 bits per heavy atom. The fraction of sp³-hybridized carbons (Fsp3) is 0.571. The number of nitrogens with one attached hydrogen (secondary N) is 1. The SMILES string of the molecule is CCC(CC)NC(=O)N1CCCC[C@H]1C(=O)O[C@H](CCc1ccc(OC)c(OC)c1)c1cccc(OCC(=O)OCC(C)C)c1. The van der Waals surface area contributed by atoms with Gasteiger partial charge in [-0.25, -0.2) is 14.4 Å². The normalized spacial score (nSPS) is 15.4. The molecule has 1 N–H and O–H groups in total. The predicted molar refractivity (Wildman–Crippen MR) is 172 cm³/mol. The number of carbonyl (C=O) groups excluding carboxylic acids is 3. The fourth-order valence-electron chi connectivity index (χ4n) is 5.26. The molecule has 10 nitrogen and oxygen atoms in total. The number of nitrogens with zero attached hydrogens (tertiary/aromatic N) is 1. The number of piperidine rings is 1. The van der Waals surface area contributed by atoms with Crippen LogP contribution in [-0.2, 0) is 25.5 Å². The summed E-state index contributed by atoms with van der Waals surface area (Å²) in [7, 11) is 3.18. The minimum atomic E-state index is -0.674. The van der Waals surface area contributed by atoms with Gasteiger partial charge in [-0.05, 0) is 86.3 Å². The Morgan fingerprint density at radius 2 is 1.73 bits per heavy atom. The highest BCUT2D eigenvalue weighted by atomic mass is 16.6. The Hall–Kier alpha value is -3.95. The third-order valence-corrected chi connectivity index (χ3v) is 7.91. The summed E-state index contributed by atoms with van der Waals surface area (Å²) in [5.41, 5.74) is 1.71. The second-order valence-electron chi connectivity index (χ2n) is 11.8. The number of rotatable bonds is 16. The maximum absolute atomic E-state index is 13.8. The lowest BCUT2D eigenvalue weighted by Crippen LogP contribution is -2.54. The van der Waals surface area contributed by atoms with E-state index in [1.165, 1.54) is 0 Å². The zero-order valence-corrected chi connectivity index (χ0v) is 27.6. The van der Waals surface area contributed by atoms with Crippen LogP contribution in [0.4, 0.5) is 4.79 Å². The average Bonchev–Trinajstić information content (AvgIpc) is 3.06. The van der Waals surface area contributed by atoms with Gasteiger partial charge in [0.1, 0.15) is 17.9 Å². The Morgan fingerprint density at radius 3 is 2.42 bits per heavy atom. The number of ether oxygens (including phenoxy) is 5. The molecule has 248 valence electrons. The second kappa shape index (κ2) is 18.1. The van der Waals surface area contributed by atoms with Crippen molar-refractivity contribution in [3.63, 3.8) is 0 Å². The Bertz CT molecular complexity index is 1250. The quantitative estimate of drug-likeness (QED) is 0.218. The van der Waals surface area contributed by atoms with Gasteiger partial charge in [0, 0.05) is 12.6 Å². The average molecular weight is 627 g/mol. The van der Waals surface area contributed by atoms with Crippen LogP contribution >= 0.6 is 0 Å². The van der Waals surface area contributed by atoms with E-state index in [-0.39, 0.29) is 24.6 Å². The zero-order chi connectivity index (χ0) is 32.8. The van der Waals surface area contributed by atoms with Crippen molar-refractivity contribution in [3.8, 4) is 17.2 Å². The first-order valence-corrected chi connectivity index (χ1v) is 16.1. The molecule has 1 saturated heterocycles. The molecule has 2 aromatic carbocycles. The van der Waals surface area contributed by atoms with Gasteiger partial charge in [-0.15, -0.1) is 0 Å². The molecule has 10 heteroatoms. The lowest BCUT2D eigenvalue weighted by molar-refractivity contribution is -0.156. The number of likely N-dealkylation sites (tertiary alicyclic amines) is 1. The van der Waals surface area contributed by atoms with Crippen LogP contribution in [0.1, 0.15) is 83.5 Å². The van der Waals surface area contributed by atoms with Crippen molar-refractivity contribution >= 4 is 18.0 Å². The van der Waals surface area contributed by atoms with Gasteiger partial charge in [-0.3, -0.25) is 0 Å². The van der Waals surface area contributed by atoms with E-state index in [2.05, 4.69) is 5.32 Å². The van der Waals surface area contributed by atoms with Crippen LogP contribution in [0.25, 0.3) is 0 Å². The molecule has 1 aliphatic rings. The molecule has 0 aromatic heterocycles. The minimum absolute atomic E-state index is 0.0516. The van der Waals surface area contributed by atoms with E-state index in [9.17, 15) is 14.4 Å². The van der Waals surface area contributed by atoms with Gasteiger partial charge in [0.15, 0.2) is 18.1 Å². The number of carbonyl (C=O) groups is 3. The summed E-state index contributed by atoms with van der Waals surface area (Å²) in [5.74, 6) is 1.05. The number of aryl methyl sites for hydroxylation is 1.